The van der Waals surface area contributed by atoms with E-state index in [2.05, 4.69) is 46.1 Å². The Morgan fingerprint density at radius 3 is 3.00 bits per heavy atom. The largest absolute Gasteiger partial charge is 0.380 e. The average molecular weight is 287 g/mol. The van der Waals surface area contributed by atoms with Gasteiger partial charge in [-0.15, -0.1) is 0 Å². The van der Waals surface area contributed by atoms with Crippen molar-refractivity contribution >= 4 is 33.4 Å². The smallest absolute Gasteiger partial charge is 0.109 e. The first kappa shape index (κ1) is 11.3. The predicted molar refractivity (Wildman–Crippen MR) is 70.6 cm³/mol. The van der Waals surface area contributed by atoms with Gasteiger partial charge < -0.3 is 5.32 Å². The first-order valence-electron chi connectivity index (χ1n) is 5.15. The molecule has 0 amide bonds. The summed E-state index contributed by atoms with van der Waals surface area (Å²) in [6.45, 7) is 4.35. The predicted octanol–water partition coefficient (Wildman–Crippen LogP) is 3.46. The highest BCUT2D eigenvalue weighted by Gasteiger charge is 2.21. The second-order valence-electron chi connectivity index (χ2n) is 4.05. The minimum absolute atomic E-state index is 0.604. The lowest BCUT2D eigenvalue weighted by Crippen LogP contribution is -2.19. The molecule has 0 radical (unpaired) electrons. The van der Waals surface area contributed by atoms with Crippen LogP contribution < -0.4 is 5.32 Å². The van der Waals surface area contributed by atoms with Gasteiger partial charge >= 0.3 is 0 Å². The van der Waals surface area contributed by atoms with E-state index in [1.54, 1.807) is 0 Å². The zero-order valence-electron chi connectivity index (χ0n) is 8.96. The number of aryl methyl sites for hydroxylation is 1. The Morgan fingerprint density at radius 2 is 2.40 bits per heavy atom. The molecular weight excluding hydrogens is 272 g/mol. The molecule has 2 heterocycles. The van der Waals surface area contributed by atoms with Gasteiger partial charge in [-0.3, -0.25) is 0 Å². The van der Waals surface area contributed by atoms with Gasteiger partial charge in [-0.1, -0.05) is 6.92 Å². The molecule has 1 fully saturated rings. The first-order valence-corrected chi connectivity index (χ1v) is 6.99. The van der Waals surface area contributed by atoms with Crippen LogP contribution in [0.5, 0.6) is 0 Å². The molecule has 0 aromatic carbocycles. The van der Waals surface area contributed by atoms with Gasteiger partial charge in [0.05, 0.1) is 11.9 Å². The number of halogens is 1. The molecule has 2 atom stereocenters. The van der Waals surface area contributed by atoms with Crippen molar-refractivity contribution in [2.45, 2.75) is 31.6 Å². The molecular formula is C11H15BrN2S. The average Bonchev–Trinajstić information content (AvgIpc) is 2.58. The third-order valence-corrected chi connectivity index (χ3v) is 4.77. The summed E-state index contributed by atoms with van der Waals surface area (Å²) in [5.74, 6) is 1.20. The van der Waals surface area contributed by atoms with Crippen LogP contribution in [0, 0.1) is 6.92 Å². The monoisotopic (exact) mass is 286 g/mol. The molecule has 0 spiro atoms. The number of hydrogen-bond acceptors (Lipinski definition) is 3. The summed E-state index contributed by atoms with van der Waals surface area (Å²) in [6.07, 6.45) is 3.14. The van der Waals surface area contributed by atoms with Crippen LogP contribution in [0.4, 0.5) is 5.69 Å². The Kier molecular flexibility index (Phi) is 3.57. The highest BCUT2D eigenvalue weighted by atomic mass is 79.9. The number of rotatable bonds is 2. The summed E-state index contributed by atoms with van der Waals surface area (Å²) >= 11 is 5.45. The Bertz CT molecular complexity index is 356. The molecule has 2 rings (SSSR count). The molecule has 1 aromatic rings. The van der Waals surface area contributed by atoms with Crippen molar-refractivity contribution in [3.05, 3.63) is 22.4 Å². The summed E-state index contributed by atoms with van der Waals surface area (Å²) in [5, 5.41) is 4.32. The van der Waals surface area contributed by atoms with Crippen molar-refractivity contribution in [3.63, 3.8) is 0 Å². The van der Waals surface area contributed by atoms with Crippen LogP contribution in [-0.2, 0) is 0 Å². The van der Waals surface area contributed by atoms with E-state index in [4.69, 9.17) is 0 Å². The quantitative estimate of drug-likeness (QED) is 0.843. The van der Waals surface area contributed by atoms with Crippen LogP contribution in [0.2, 0.25) is 0 Å². The summed E-state index contributed by atoms with van der Waals surface area (Å²) in [7, 11) is 0. The van der Waals surface area contributed by atoms with E-state index in [1.165, 1.54) is 17.7 Å². The Labute approximate surface area is 103 Å². The number of hydrogen-bond donors (Lipinski definition) is 1. The van der Waals surface area contributed by atoms with Crippen molar-refractivity contribution < 1.29 is 0 Å². The Hall–Kier alpha value is -0.220. The molecule has 1 aliphatic rings. The summed E-state index contributed by atoms with van der Waals surface area (Å²) in [6, 6.07) is 2.75. The maximum absolute atomic E-state index is 4.29. The summed E-state index contributed by atoms with van der Waals surface area (Å²) in [5.41, 5.74) is 2.31. The maximum Gasteiger partial charge on any atom is 0.109 e. The highest BCUT2D eigenvalue weighted by Crippen LogP contribution is 2.28. The number of nitrogens with one attached hydrogen (secondary N) is 1. The van der Waals surface area contributed by atoms with E-state index in [0.29, 0.717) is 6.04 Å². The fraction of sp³-hybridized carbons (Fsp3) is 0.545. The number of anilines is 1. The standard InChI is InChI=1S/C11H15BrN2S/c1-7-3-9(5-13-11(7)12)14-10-4-8(2)15-6-10/h3,5,8,10,14H,4,6H2,1-2H3. The fourth-order valence-corrected chi connectivity index (χ4v) is 3.16. The zero-order chi connectivity index (χ0) is 10.8. The highest BCUT2D eigenvalue weighted by molar-refractivity contribution is 9.10. The maximum atomic E-state index is 4.29. The summed E-state index contributed by atoms with van der Waals surface area (Å²) in [4.78, 5) is 4.29. The van der Waals surface area contributed by atoms with Crippen molar-refractivity contribution in [1.82, 2.24) is 4.98 Å². The van der Waals surface area contributed by atoms with Crippen molar-refractivity contribution in [2.24, 2.45) is 0 Å². The normalized spacial score (nSPS) is 25.5. The molecule has 82 valence electrons. The molecule has 4 heteroatoms. The molecule has 2 unspecified atom stereocenters. The van der Waals surface area contributed by atoms with E-state index in [1.807, 2.05) is 18.0 Å². The molecule has 1 N–H and O–H groups in total. The Balaban J connectivity index is 2.02. The first-order chi connectivity index (χ1) is 7.15. The molecule has 15 heavy (non-hydrogen) atoms. The number of aromatic nitrogens is 1. The van der Waals surface area contributed by atoms with Crippen LogP contribution in [0.3, 0.4) is 0 Å². The Morgan fingerprint density at radius 1 is 1.60 bits per heavy atom. The minimum Gasteiger partial charge on any atom is -0.380 e. The van der Waals surface area contributed by atoms with E-state index in [9.17, 15) is 0 Å². The van der Waals surface area contributed by atoms with Crippen molar-refractivity contribution in [2.75, 3.05) is 11.1 Å². The lowest BCUT2D eigenvalue weighted by Gasteiger charge is -2.13. The lowest BCUT2D eigenvalue weighted by molar-refractivity contribution is 0.746. The van der Waals surface area contributed by atoms with Gasteiger partial charge in [0, 0.05) is 17.0 Å². The second-order valence-corrected chi connectivity index (χ2v) is 6.28. The van der Waals surface area contributed by atoms with Crippen LogP contribution in [-0.4, -0.2) is 22.0 Å². The van der Waals surface area contributed by atoms with Gasteiger partial charge in [-0.25, -0.2) is 4.98 Å². The number of pyridine rings is 1. The second kappa shape index (κ2) is 4.74. The third-order valence-electron chi connectivity index (χ3n) is 2.58. The van der Waals surface area contributed by atoms with Gasteiger partial charge in [0.15, 0.2) is 0 Å². The fourth-order valence-electron chi connectivity index (χ4n) is 1.79. The van der Waals surface area contributed by atoms with Gasteiger partial charge in [0.25, 0.3) is 0 Å². The third kappa shape index (κ3) is 2.88. The van der Waals surface area contributed by atoms with Gasteiger partial charge in [-0.2, -0.15) is 11.8 Å². The lowest BCUT2D eigenvalue weighted by atomic mass is 10.2. The van der Waals surface area contributed by atoms with Crippen molar-refractivity contribution in [1.29, 1.82) is 0 Å². The molecule has 1 aliphatic heterocycles. The topological polar surface area (TPSA) is 24.9 Å². The van der Waals surface area contributed by atoms with E-state index >= 15 is 0 Å². The van der Waals surface area contributed by atoms with Crippen LogP contribution >= 0.6 is 27.7 Å². The van der Waals surface area contributed by atoms with E-state index in [0.717, 1.165) is 15.5 Å². The minimum atomic E-state index is 0.604. The molecule has 0 bridgehead atoms. The van der Waals surface area contributed by atoms with E-state index < -0.39 is 0 Å². The van der Waals surface area contributed by atoms with E-state index in [-0.39, 0.29) is 0 Å². The molecule has 0 saturated carbocycles. The summed E-state index contributed by atoms with van der Waals surface area (Å²) < 4.78 is 0.933. The van der Waals surface area contributed by atoms with Crippen molar-refractivity contribution in [3.8, 4) is 0 Å². The van der Waals surface area contributed by atoms with Gasteiger partial charge in [0.2, 0.25) is 0 Å². The molecule has 1 aromatic heterocycles. The van der Waals surface area contributed by atoms with Crippen LogP contribution in [0.25, 0.3) is 0 Å². The molecule has 1 saturated heterocycles. The number of thioether (sulfide) groups is 1. The van der Waals surface area contributed by atoms with Gasteiger partial charge in [0.1, 0.15) is 4.60 Å². The number of nitrogens with zero attached hydrogens (tertiary/aromatic N) is 1. The van der Waals surface area contributed by atoms with Crippen LogP contribution in [0.15, 0.2) is 16.9 Å². The molecule has 0 aliphatic carbocycles. The molecule has 2 nitrogen and oxygen atoms in total. The van der Waals surface area contributed by atoms with Crippen LogP contribution in [0.1, 0.15) is 18.9 Å². The zero-order valence-corrected chi connectivity index (χ0v) is 11.4. The van der Waals surface area contributed by atoms with Gasteiger partial charge in [-0.05, 0) is 40.9 Å². The SMILES string of the molecule is Cc1cc(NC2CSC(C)C2)cnc1Br.